The average Bonchev–Trinajstić information content (AvgIpc) is 2.38. The van der Waals surface area contributed by atoms with Crippen LogP contribution in [0, 0.1) is 12.3 Å². The first-order valence-corrected chi connectivity index (χ1v) is 7.17. The molecule has 0 unspecified atom stereocenters. The van der Waals surface area contributed by atoms with Gasteiger partial charge in [-0.2, -0.15) is 0 Å². The largest absolute Gasteiger partial charge is 0.384 e. The van der Waals surface area contributed by atoms with E-state index in [4.69, 9.17) is 11.1 Å². The summed E-state index contributed by atoms with van der Waals surface area (Å²) < 4.78 is 1.07. The van der Waals surface area contributed by atoms with Crippen LogP contribution in [0.1, 0.15) is 16.7 Å². The summed E-state index contributed by atoms with van der Waals surface area (Å²) in [7, 11) is 2.01. The quantitative estimate of drug-likeness (QED) is 0.663. The molecule has 4 heteroatoms. The zero-order valence-electron chi connectivity index (χ0n) is 11.7. The highest BCUT2D eigenvalue weighted by atomic mass is 79.9. The fourth-order valence-electron chi connectivity index (χ4n) is 2.19. The summed E-state index contributed by atoms with van der Waals surface area (Å²) in [5, 5.41) is 7.72. The summed E-state index contributed by atoms with van der Waals surface area (Å²) in [4.78, 5) is 2.11. The van der Waals surface area contributed by atoms with Crippen molar-refractivity contribution in [3.63, 3.8) is 0 Å². The molecule has 0 aliphatic rings. The summed E-state index contributed by atoms with van der Waals surface area (Å²) in [5.41, 5.74) is 9.75. The number of nitrogen functional groups attached to an aromatic ring is 1. The minimum absolute atomic E-state index is 0.102. The molecule has 0 amide bonds. The van der Waals surface area contributed by atoms with Crippen LogP contribution in [0.25, 0.3) is 0 Å². The Balaban J connectivity index is 2.29. The predicted octanol–water partition coefficient (Wildman–Crippen LogP) is 3.68. The average molecular weight is 332 g/mol. The van der Waals surface area contributed by atoms with Gasteiger partial charge < -0.3 is 10.6 Å². The lowest BCUT2D eigenvalue weighted by atomic mass is 10.1. The Morgan fingerprint density at radius 3 is 2.65 bits per heavy atom. The van der Waals surface area contributed by atoms with E-state index in [1.807, 2.05) is 44.3 Å². The van der Waals surface area contributed by atoms with E-state index < -0.39 is 0 Å². The topological polar surface area (TPSA) is 53.1 Å². The van der Waals surface area contributed by atoms with E-state index in [9.17, 15) is 0 Å². The molecule has 3 N–H and O–H groups in total. The zero-order chi connectivity index (χ0) is 14.7. The number of anilines is 1. The number of halogens is 1. The van der Waals surface area contributed by atoms with Gasteiger partial charge in [0.25, 0.3) is 0 Å². The summed E-state index contributed by atoms with van der Waals surface area (Å²) in [6, 6.07) is 14.2. The molecule has 2 aromatic rings. The molecule has 0 aliphatic carbocycles. The van der Waals surface area contributed by atoms with Gasteiger partial charge in [0.05, 0.1) is 0 Å². The van der Waals surface area contributed by atoms with Crippen molar-refractivity contribution in [3.05, 3.63) is 63.6 Å². The van der Waals surface area contributed by atoms with Gasteiger partial charge in [-0.25, -0.2) is 0 Å². The number of benzene rings is 2. The second-order valence-corrected chi connectivity index (χ2v) is 5.84. The molecular weight excluding hydrogens is 314 g/mol. The van der Waals surface area contributed by atoms with Crippen LogP contribution in [-0.2, 0) is 6.54 Å². The van der Waals surface area contributed by atoms with Crippen molar-refractivity contribution in [1.29, 1.82) is 5.41 Å². The number of aryl methyl sites for hydroxylation is 1. The molecule has 3 nitrogen and oxygen atoms in total. The van der Waals surface area contributed by atoms with Crippen molar-refractivity contribution in [2.75, 3.05) is 11.9 Å². The van der Waals surface area contributed by atoms with Crippen LogP contribution in [0.3, 0.4) is 0 Å². The smallest absolute Gasteiger partial charge is 0.124 e. The number of nitrogens with two attached hydrogens (primary N) is 1. The molecule has 0 aliphatic heterocycles. The van der Waals surface area contributed by atoms with E-state index in [1.165, 1.54) is 5.56 Å². The van der Waals surface area contributed by atoms with Crippen molar-refractivity contribution in [2.45, 2.75) is 13.5 Å². The Bertz CT molecular complexity index is 637. The third-order valence-corrected chi connectivity index (χ3v) is 3.66. The first kappa shape index (κ1) is 14.6. The van der Waals surface area contributed by atoms with E-state index in [0.717, 1.165) is 27.8 Å². The Morgan fingerprint density at radius 1 is 1.25 bits per heavy atom. The molecular formula is C16H18BrN3. The summed E-state index contributed by atoms with van der Waals surface area (Å²) in [5.74, 6) is 0.102. The zero-order valence-corrected chi connectivity index (χ0v) is 13.2. The first-order chi connectivity index (χ1) is 9.47. The molecule has 0 saturated heterocycles. The maximum Gasteiger partial charge on any atom is 0.124 e. The first-order valence-electron chi connectivity index (χ1n) is 6.38. The maximum absolute atomic E-state index is 7.72. The van der Waals surface area contributed by atoms with Crippen molar-refractivity contribution < 1.29 is 0 Å². The second-order valence-electron chi connectivity index (χ2n) is 4.92. The normalized spacial score (nSPS) is 10.3. The lowest BCUT2D eigenvalue weighted by Gasteiger charge is -2.22. The minimum atomic E-state index is 0.102. The molecule has 0 atom stereocenters. The van der Waals surface area contributed by atoms with E-state index in [0.29, 0.717) is 0 Å². The number of rotatable bonds is 4. The molecule has 104 valence electrons. The summed E-state index contributed by atoms with van der Waals surface area (Å²) in [6.07, 6.45) is 0. The number of amidine groups is 1. The van der Waals surface area contributed by atoms with Gasteiger partial charge in [0.15, 0.2) is 0 Å². The lowest BCUT2D eigenvalue weighted by molar-refractivity contribution is 0.920. The fourth-order valence-corrected chi connectivity index (χ4v) is 2.64. The van der Waals surface area contributed by atoms with Crippen LogP contribution in [0.4, 0.5) is 5.69 Å². The van der Waals surface area contributed by atoms with E-state index in [1.54, 1.807) is 0 Å². The minimum Gasteiger partial charge on any atom is -0.384 e. The van der Waals surface area contributed by atoms with E-state index in [-0.39, 0.29) is 5.84 Å². The van der Waals surface area contributed by atoms with Crippen LogP contribution < -0.4 is 10.6 Å². The standard InChI is InChI=1S/C16H18BrN3/c1-11-6-7-15(14(8-11)16(18)19)20(2)10-12-4-3-5-13(17)9-12/h3-9H,10H2,1-2H3,(H3,18,19). The summed E-state index contributed by atoms with van der Waals surface area (Å²) >= 11 is 3.48. The van der Waals surface area contributed by atoms with Crippen LogP contribution in [0.5, 0.6) is 0 Å². The fraction of sp³-hybridized carbons (Fsp3) is 0.188. The molecule has 0 heterocycles. The highest BCUT2D eigenvalue weighted by molar-refractivity contribution is 9.10. The van der Waals surface area contributed by atoms with E-state index in [2.05, 4.69) is 33.0 Å². The van der Waals surface area contributed by atoms with Crippen LogP contribution >= 0.6 is 15.9 Å². The molecule has 0 radical (unpaired) electrons. The van der Waals surface area contributed by atoms with Crippen molar-refractivity contribution in [3.8, 4) is 0 Å². The summed E-state index contributed by atoms with van der Waals surface area (Å²) in [6.45, 7) is 2.77. The number of nitrogens with zero attached hydrogens (tertiary/aromatic N) is 1. The van der Waals surface area contributed by atoms with E-state index >= 15 is 0 Å². The lowest BCUT2D eigenvalue weighted by Crippen LogP contribution is -2.22. The van der Waals surface area contributed by atoms with Gasteiger partial charge in [-0.15, -0.1) is 0 Å². The van der Waals surface area contributed by atoms with Crippen molar-refractivity contribution in [2.24, 2.45) is 5.73 Å². The third-order valence-electron chi connectivity index (χ3n) is 3.16. The highest BCUT2D eigenvalue weighted by Crippen LogP contribution is 2.23. The SMILES string of the molecule is Cc1ccc(N(C)Cc2cccc(Br)c2)c(C(=N)N)c1. The monoisotopic (exact) mass is 331 g/mol. The molecule has 0 bridgehead atoms. The Hall–Kier alpha value is -1.81. The van der Waals surface area contributed by atoms with Gasteiger partial charge in [-0.1, -0.05) is 39.7 Å². The number of hydrogen-bond donors (Lipinski definition) is 2. The van der Waals surface area contributed by atoms with Crippen LogP contribution in [0.15, 0.2) is 46.9 Å². The molecule has 0 spiro atoms. The van der Waals surface area contributed by atoms with Gasteiger partial charge >= 0.3 is 0 Å². The molecule has 2 aromatic carbocycles. The highest BCUT2D eigenvalue weighted by Gasteiger charge is 2.10. The van der Waals surface area contributed by atoms with Gasteiger partial charge in [-0.05, 0) is 36.8 Å². The molecule has 2 rings (SSSR count). The van der Waals surface area contributed by atoms with Gasteiger partial charge in [-0.3, -0.25) is 5.41 Å². The van der Waals surface area contributed by atoms with Crippen LogP contribution in [-0.4, -0.2) is 12.9 Å². The van der Waals surface area contributed by atoms with Crippen molar-refractivity contribution >= 4 is 27.5 Å². The van der Waals surface area contributed by atoms with Crippen LogP contribution in [0.2, 0.25) is 0 Å². The number of nitrogens with one attached hydrogen (secondary N) is 1. The Labute approximate surface area is 128 Å². The molecule has 20 heavy (non-hydrogen) atoms. The maximum atomic E-state index is 7.72. The molecule has 0 fully saturated rings. The predicted molar refractivity (Wildman–Crippen MR) is 88.4 cm³/mol. The number of hydrogen-bond acceptors (Lipinski definition) is 2. The van der Waals surface area contributed by atoms with Gasteiger partial charge in [0.1, 0.15) is 5.84 Å². The Kier molecular flexibility index (Phi) is 4.45. The van der Waals surface area contributed by atoms with Crippen molar-refractivity contribution in [1.82, 2.24) is 0 Å². The third kappa shape index (κ3) is 3.39. The van der Waals surface area contributed by atoms with Gasteiger partial charge in [0, 0.05) is 29.3 Å². The van der Waals surface area contributed by atoms with Gasteiger partial charge in [0.2, 0.25) is 0 Å². The second kappa shape index (κ2) is 6.09. The molecule has 0 aromatic heterocycles. The molecule has 0 saturated carbocycles. The Morgan fingerprint density at radius 2 is 2.00 bits per heavy atom.